The van der Waals surface area contributed by atoms with Gasteiger partial charge in [0.15, 0.2) is 0 Å². The molecule has 1 aromatic carbocycles. The van der Waals surface area contributed by atoms with Gasteiger partial charge in [-0.3, -0.25) is 4.40 Å². The predicted octanol–water partition coefficient (Wildman–Crippen LogP) is 5.86. The molecule has 166 valence electrons. The fraction of sp³-hybridized carbons (Fsp3) is 0.321. The summed E-state index contributed by atoms with van der Waals surface area (Å²) in [5, 5.41) is 3.82. The van der Waals surface area contributed by atoms with E-state index in [-0.39, 0.29) is 0 Å². The van der Waals surface area contributed by atoms with Gasteiger partial charge in [-0.15, -0.1) is 0 Å². The molecule has 0 saturated heterocycles. The zero-order valence-corrected chi connectivity index (χ0v) is 19.5. The topological polar surface area (TPSA) is 55.1 Å². The number of nitrogens with zero attached hydrogens (tertiary/aromatic N) is 4. The van der Waals surface area contributed by atoms with E-state index in [1.165, 1.54) is 32.1 Å². The van der Waals surface area contributed by atoms with Gasteiger partial charge in [-0.2, -0.15) is 0 Å². The lowest BCUT2D eigenvalue weighted by atomic mass is 9.95. The van der Waals surface area contributed by atoms with Crippen molar-refractivity contribution < 1.29 is 0 Å². The number of hydrogen-bond acceptors (Lipinski definition) is 4. The maximum absolute atomic E-state index is 4.97. The maximum atomic E-state index is 4.97. The van der Waals surface area contributed by atoms with Crippen LogP contribution in [0.1, 0.15) is 60.4 Å². The number of nitrogens with one attached hydrogen (secondary N) is 1. The summed E-state index contributed by atoms with van der Waals surface area (Å²) in [6, 6.07) is 16.6. The monoisotopic (exact) mass is 435 g/mol. The first-order chi connectivity index (χ1) is 16.1. The van der Waals surface area contributed by atoms with Crippen molar-refractivity contribution in [1.29, 1.82) is 0 Å². The van der Waals surface area contributed by atoms with E-state index in [1.54, 1.807) is 0 Å². The minimum atomic E-state index is 0.461. The van der Waals surface area contributed by atoms with Crippen molar-refractivity contribution >= 4 is 11.6 Å². The van der Waals surface area contributed by atoms with Crippen molar-refractivity contribution in [1.82, 2.24) is 19.4 Å². The summed E-state index contributed by atoms with van der Waals surface area (Å²) in [5.74, 6) is 8.14. The molecule has 0 radical (unpaired) electrons. The van der Waals surface area contributed by atoms with E-state index in [0.29, 0.717) is 6.04 Å². The third-order valence-electron chi connectivity index (χ3n) is 6.30. The molecule has 0 atom stereocenters. The van der Waals surface area contributed by atoms with Crippen LogP contribution in [0.2, 0.25) is 0 Å². The molecule has 0 spiro atoms. The predicted molar refractivity (Wildman–Crippen MR) is 133 cm³/mol. The summed E-state index contributed by atoms with van der Waals surface area (Å²) >= 11 is 0. The van der Waals surface area contributed by atoms with Gasteiger partial charge in [0.1, 0.15) is 17.2 Å². The molecule has 1 saturated carbocycles. The Kier molecular flexibility index (Phi) is 5.83. The molecule has 1 aliphatic rings. The maximum Gasteiger partial charge on any atom is 0.236 e. The molecular weight excluding hydrogens is 406 g/mol. The van der Waals surface area contributed by atoms with Crippen molar-refractivity contribution in [2.75, 3.05) is 5.32 Å². The van der Waals surface area contributed by atoms with Crippen LogP contribution in [0, 0.1) is 32.6 Å². The molecule has 1 N–H and O–H groups in total. The molecule has 33 heavy (non-hydrogen) atoms. The number of aromatic nitrogens is 4. The van der Waals surface area contributed by atoms with Gasteiger partial charge >= 0.3 is 0 Å². The number of aryl methyl sites for hydroxylation is 3. The molecule has 5 heteroatoms. The highest BCUT2D eigenvalue weighted by molar-refractivity contribution is 5.77. The van der Waals surface area contributed by atoms with E-state index in [1.807, 2.05) is 50.2 Å². The van der Waals surface area contributed by atoms with E-state index in [4.69, 9.17) is 15.0 Å². The molecule has 3 heterocycles. The minimum Gasteiger partial charge on any atom is -0.367 e. The van der Waals surface area contributed by atoms with Gasteiger partial charge in [-0.05, 0) is 69.9 Å². The van der Waals surface area contributed by atoms with Crippen LogP contribution in [-0.4, -0.2) is 25.4 Å². The number of imidazole rings is 1. The number of hydrogen-bond donors (Lipinski definition) is 1. The van der Waals surface area contributed by atoms with Crippen LogP contribution in [-0.2, 0) is 0 Å². The van der Waals surface area contributed by atoms with Gasteiger partial charge in [-0.25, -0.2) is 15.0 Å². The molecule has 0 aliphatic heterocycles. The average Bonchev–Trinajstić information content (AvgIpc) is 3.17. The van der Waals surface area contributed by atoms with E-state index in [2.05, 4.69) is 40.6 Å². The lowest BCUT2D eigenvalue weighted by molar-refractivity contribution is 0.461. The summed E-state index contributed by atoms with van der Waals surface area (Å²) < 4.78 is 2.15. The molecule has 4 aromatic rings. The van der Waals surface area contributed by atoms with Gasteiger partial charge in [0.25, 0.3) is 0 Å². The fourth-order valence-electron chi connectivity index (χ4n) is 4.67. The van der Waals surface area contributed by atoms with E-state index in [9.17, 15) is 0 Å². The summed E-state index contributed by atoms with van der Waals surface area (Å²) in [6.07, 6.45) is 6.25. The molecule has 1 aliphatic carbocycles. The first kappa shape index (κ1) is 21.2. The highest BCUT2D eigenvalue weighted by Crippen LogP contribution is 2.33. The van der Waals surface area contributed by atoms with Crippen molar-refractivity contribution in [3.05, 3.63) is 76.9 Å². The normalized spacial score (nSPS) is 14.2. The Morgan fingerprint density at radius 1 is 0.879 bits per heavy atom. The van der Waals surface area contributed by atoms with Crippen LogP contribution >= 0.6 is 0 Å². The van der Waals surface area contributed by atoms with Crippen LogP contribution in [0.4, 0.5) is 5.82 Å². The molecule has 3 aromatic heterocycles. The second kappa shape index (κ2) is 9.07. The molecule has 1 fully saturated rings. The van der Waals surface area contributed by atoms with Crippen LogP contribution in [0.15, 0.2) is 48.5 Å². The molecule has 0 unspecified atom stereocenters. The van der Waals surface area contributed by atoms with Gasteiger partial charge in [-0.1, -0.05) is 43.4 Å². The van der Waals surface area contributed by atoms with Crippen molar-refractivity contribution in [2.24, 2.45) is 0 Å². The number of rotatable bonds is 3. The summed E-state index contributed by atoms with van der Waals surface area (Å²) in [4.78, 5) is 14.5. The number of anilines is 1. The second-order valence-corrected chi connectivity index (χ2v) is 8.91. The van der Waals surface area contributed by atoms with Crippen molar-refractivity contribution in [2.45, 2.75) is 58.9 Å². The highest BCUT2D eigenvalue weighted by Gasteiger charge is 2.22. The quantitative estimate of drug-likeness (QED) is 0.410. The van der Waals surface area contributed by atoms with E-state index in [0.717, 1.165) is 51.2 Å². The minimum absolute atomic E-state index is 0.461. The third-order valence-corrected chi connectivity index (χ3v) is 6.30. The zero-order chi connectivity index (χ0) is 22.8. The van der Waals surface area contributed by atoms with Gasteiger partial charge in [0, 0.05) is 34.3 Å². The molecule has 0 amide bonds. The Bertz CT molecular complexity index is 1350. The molecule has 5 rings (SSSR count). The van der Waals surface area contributed by atoms with Crippen LogP contribution in [0.25, 0.3) is 17.0 Å². The number of benzene rings is 1. The average molecular weight is 436 g/mol. The Balaban J connectivity index is 1.56. The van der Waals surface area contributed by atoms with E-state index < -0.39 is 0 Å². The Morgan fingerprint density at radius 3 is 2.42 bits per heavy atom. The van der Waals surface area contributed by atoms with Crippen LogP contribution < -0.4 is 5.32 Å². The van der Waals surface area contributed by atoms with Crippen LogP contribution in [0.5, 0.6) is 0 Å². The SMILES string of the molecule is Cc1cc(C)n2c(NC3CCCCC3)c(-c3ccc(C#Cc4ccccc4)nc3C)nc2n1. The summed E-state index contributed by atoms with van der Waals surface area (Å²) in [7, 11) is 0. The fourth-order valence-corrected chi connectivity index (χ4v) is 4.67. The van der Waals surface area contributed by atoms with Crippen LogP contribution in [0.3, 0.4) is 0 Å². The Hall–Kier alpha value is -3.65. The molecule has 5 nitrogen and oxygen atoms in total. The summed E-state index contributed by atoms with van der Waals surface area (Å²) in [5.41, 5.74) is 6.69. The van der Waals surface area contributed by atoms with Gasteiger partial charge in [0.2, 0.25) is 5.78 Å². The lowest BCUT2D eigenvalue weighted by Gasteiger charge is -2.24. The molecule has 0 bridgehead atoms. The largest absolute Gasteiger partial charge is 0.367 e. The molecular formula is C28H29N5. The van der Waals surface area contributed by atoms with Gasteiger partial charge in [0.05, 0.1) is 0 Å². The smallest absolute Gasteiger partial charge is 0.236 e. The third kappa shape index (κ3) is 4.47. The first-order valence-electron chi connectivity index (χ1n) is 11.8. The first-order valence-corrected chi connectivity index (χ1v) is 11.8. The lowest BCUT2D eigenvalue weighted by Crippen LogP contribution is -2.23. The summed E-state index contributed by atoms with van der Waals surface area (Å²) in [6.45, 7) is 6.16. The zero-order valence-electron chi connectivity index (χ0n) is 19.5. The number of pyridine rings is 1. The van der Waals surface area contributed by atoms with Crippen molar-refractivity contribution in [3.8, 4) is 23.1 Å². The number of fused-ring (bicyclic) bond motifs is 1. The second-order valence-electron chi connectivity index (χ2n) is 8.91. The van der Waals surface area contributed by atoms with Gasteiger partial charge < -0.3 is 5.32 Å². The van der Waals surface area contributed by atoms with Crippen molar-refractivity contribution in [3.63, 3.8) is 0 Å². The van der Waals surface area contributed by atoms with E-state index >= 15 is 0 Å². The standard InChI is InChI=1S/C28H29N5/c1-19-18-20(2)33-27(31-23-12-8-5-9-13-23)26(32-28(33)29-19)25-17-16-24(30-21(25)3)15-14-22-10-6-4-7-11-22/h4,6-7,10-11,16-18,23,31H,5,8-9,12-13H2,1-3H3. The Labute approximate surface area is 195 Å². The Morgan fingerprint density at radius 2 is 1.67 bits per heavy atom. The highest BCUT2D eigenvalue weighted by atomic mass is 15.2.